The van der Waals surface area contributed by atoms with E-state index in [9.17, 15) is 4.39 Å². The summed E-state index contributed by atoms with van der Waals surface area (Å²) in [6, 6.07) is 0. The van der Waals surface area contributed by atoms with Crippen molar-refractivity contribution in [3.05, 3.63) is 36.0 Å². The summed E-state index contributed by atoms with van der Waals surface area (Å²) in [5.74, 6) is 0.0209. The second-order valence-electron chi connectivity index (χ2n) is 4.70. The molecule has 0 aliphatic carbocycles. The molecule has 5 heteroatoms. The molecule has 23 heavy (non-hydrogen) atoms. The van der Waals surface area contributed by atoms with E-state index in [0.29, 0.717) is 18.1 Å². The fourth-order valence-electron chi connectivity index (χ4n) is 1.45. The summed E-state index contributed by atoms with van der Waals surface area (Å²) in [4.78, 5) is 3.94. The molecule has 0 aromatic heterocycles. The average molecular weight is 333 g/mol. The zero-order valence-electron chi connectivity index (χ0n) is 16.6. The molecule has 0 aromatic carbocycles. The van der Waals surface area contributed by atoms with Gasteiger partial charge in [0, 0.05) is 40.4 Å². The van der Waals surface area contributed by atoms with E-state index in [4.69, 9.17) is 4.74 Å². The van der Waals surface area contributed by atoms with Crippen LogP contribution in [-0.4, -0.2) is 64.9 Å². The first-order valence-electron chi connectivity index (χ1n) is 7.95. The summed E-state index contributed by atoms with van der Waals surface area (Å²) in [6.07, 6.45) is 3.08. The third-order valence-corrected chi connectivity index (χ3v) is 2.43. The molecule has 0 heterocycles. The van der Waals surface area contributed by atoms with Crippen LogP contribution in [0.4, 0.5) is 4.39 Å². The monoisotopic (exact) mass is 332 g/mol. The highest BCUT2D eigenvalue weighted by atomic mass is 19.1. The second kappa shape index (κ2) is 18.7. The lowest BCUT2D eigenvalue weighted by atomic mass is 10.3. The maximum atomic E-state index is 14.0. The number of hydrogen-bond acceptors (Lipinski definition) is 4. The van der Waals surface area contributed by atoms with Crippen LogP contribution in [-0.2, 0) is 9.47 Å². The normalized spacial score (nSPS) is 11.1. The Balaban J connectivity index is -0.000000710. The van der Waals surface area contributed by atoms with Crippen LogP contribution in [0.15, 0.2) is 36.0 Å². The van der Waals surface area contributed by atoms with Gasteiger partial charge in [-0.15, -0.1) is 0 Å². The molecule has 0 unspecified atom stereocenters. The van der Waals surface area contributed by atoms with E-state index in [2.05, 4.69) is 16.2 Å². The standard InChI is InChI=1S/C14H25FN2O.C2H6O.C2H6/c1-7-14(17(6)10-9-16(4)5)13(15)11-12(3)18-8-2;1-3-2;1-2/h7,11H,3,8-10H2,1-2,4-6H3;1-2H3;1-2H3/b13-11+,14-7?;;. The summed E-state index contributed by atoms with van der Waals surface area (Å²) in [5, 5.41) is 0. The Morgan fingerprint density at radius 2 is 1.61 bits per heavy atom. The zero-order chi connectivity index (χ0) is 18.8. The molecule has 0 rings (SSSR count). The SMILES string of the molecule is C=C(/C=C(/F)C(=CC)N(C)CCN(C)C)OCC.CC.COC. The molecule has 4 nitrogen and oxygen atoms in total. The van der Waals surface area contributed by atoms with Crippen molar-refractivity contribution >= 4 is 0 Å². The first kappa shape index (κ1) is 26.6. The predicted molar refractivity (Wildman–Crippen MR) is 99.2 cm³/mol. The summed E-state index contributed by atoms with van der Waals surface area (Å²) in [6.45, 7) is 13.4. The Bertz CT molecular complexity index is 340. The quantitative estimate of drug-likeness (QED) is 0.494. The Kier molecular flexibility index (Phi) is 21.6. The third-order valence-electron chi connectivity index (χ3n) is 2.43. The molecular formula is C18H37FN2O2. The number of halogens is 1. The van der Waals surface area contributed by atoms with Crippen molar-refractivity contribution in [1.82, 2.24) is 9.80 Å². The van der Waals surface area contributed by atoms with Crippen molar-refractivity contribution < 1.29 is 13.9 Å². The van der Waals surface area contributed by atoms with Crippen molar-refractivity contribution in [2.75, 3.05) is 55.1 Å². The summed E-state index contributed by atoms with van der Waals surface area (Å²) >= 11 is 0. The van der Waals surface area contributed by atoms with Crippen molar-refractivity contribution in [2.45, 2.75) is 27.7 Å². The lowest BCUT2D eigenvalue weighted by Gasteiger charge is -2.23. The Morgan fingerprint density at radius 1 is 1.13 bits per heavy atom. The number of methoxy groups -OCH3 is 1. The molecule has 0 bridgehead atoms. The van der Waals surface area contributed by atoms with E-state index in [0.717, 1.165) is 13.1 Å². The number of likely N-dealkylation sites (N-methyl/N-ethyl adjacent to an activating group) is 2. The van der Waals surface area contributed by atoms with Crippen LogP contribution in [0, 0.1) is 0 Å². The van der Waals surface area contributed by atoms with Crippen LogP contribution in [0.25, 0.3) is 0 Å². The highest BCUT2D eigenvalue weighted by Gasteiger charge is 2.10. The largest absolute Gasteiger partial charge is 0.494 e. The van der Waals surface area contributed by atoms with Crippen LogP contribution < -0.4 is 0 Å². The van der Waals surface area contributed by atoms with Gasteiger partial charge in [-0.25, -0.2) is 4.39 Å². The smallest absolute Gasteiger partial charge is 0.149 e. The molecule has 0 saturated carbocycles. The van der Waals surface area contributed by atoms with Gasteiger partial charge in [0.1, 0.15) is 11.6 Å². The summed E-state index contributed by atoms with van der Waals surface area (Å²) in [7, 11) is 9.11. The molecular weight excluding hydrogens is 295 g/mol. The van der Waals surface area contributed by atoms with E-state index in [1.807, 2.05) is 53.7 Å². The lowest BCUT2D eigenvalue weighted by Crippen LogP contribution is -2.28. The second-order valence-corrected chi connectivity index (χ2v) is 4.70. The third kappa shape index (κ3) is 16.9. The van der Waals surface area contributed by atoms with E-state index in [-0.39, 0.29) is 5.83 Å². The van der Waals surface area contributed by atoms with Crippen LogP contribution in [0.3, 0.4) is 0 Å². The highest BCUT2D eigenvalue weighted by Crippen LogP contribution is 2.17. The van der Waals surface area contributed by atoms with Crippen molar-refractivity contribution in [3.63, 3.8) is 0 Å². The minimum Gasteiger partial charge on any atom is -0.494 e. The molecule has 0 aliphatic heterocycles. The van der Waals surface area contributed by atoms with Crippen LogP contribution in [0.2, 0.25) is 0 Å². The lowest BCUT2D eigenvalue weighted by molar-refractivity contribution is 0.242. The molecule has 0 fully saturated rings. The molecule has 0 spiro atoms. The van der Waals surface area contributed by atoms with Crippen molar-refractivity contribution in [2.24, 2.45) is 0 Å². The highest BCUT2D eigenvalue weighted by molar-refractivity contribution is 5.28. The van der Waals surface area contributed by atoms with Gasteiger partial charge in [0.25, 0.3) is 0 Å². The number of nitrogens with zero attached hydrogens (tertiary/aromatic N) is 2. The first-order chi connectivity index (χ1) is 10.8. The number of rotatable bonds is 8. The maximum absolute atomic E-state index is 14.0. The number of ether oxygens (including phenoxy) is 2. The van der Waals surface area contributed by atoms with Gasteiger partial charge in [-0.05, 0) is 27.9 Å². The maximum Gasteiger partial charge on any atom is 0.149 e. The van der Waals surface area contributed by atoms with Gasteiger partial charge >= 0.3 is 0 Å². The molecule has 138 valence electrons. The van der Waals surface area contributed by atoms with Crippen LogP contribution in [0.5, 0.6) is 0 Å². The van der Waals surface area contributed by atoms with E-state index in [1.165, 1.54) is 6.08 Å². The van der Waals surface area contributed by atoms with Crippen LogP contribution >= 0.6 is 0 Å². The predicted octanol–water partition coefficient (Wildman–Crippen LogP) is 4.08. The Labute approximate surface area is 143 Å². The topological polar surface area (TPSA) is 24.9 Å². The molecule has 0 amide bonds. The Hall–Kier alpha value is -1.33. The Morgan fingerprint density at radius 3 is 1.96 bits per heavy atom. The minimum atomic E-state index is -0.322. The molecule has 0 aliphatic rings. The first-order valence-corrected chi connectivity index (χ1v) is 7.95. The van der Waals surface area contributed by atoms with Gasteiger partial charge in [0.15, 0.2) is 0 Å². The molecule has 0 aromatic rings. The van der Waals surface area contributed by atoms with Gasteiger partial charge in [0.2, 0.25) is 0 Å². The van der Waals surface area contributed by atoms with E-state index >= 15 is 0 Å². The van der Waals surface area contributed by atoms with Gasteiger partial charge < -0.3 is 19.3 Å². The van der Waals surface area contributed by atoms with Gasteiger partial charge in [-0.2, -0.15) is 0 Å². The van der Waals surface area contributed by atoms with E-state index in [1.54, 1.807) is 20.3 Å². The molecule has 0 saturated heterocycles. The summed E-state index contributed by atoms with van der Waals surface area (Å²) < 4.78 is 23.4. The van der Waals surface area contributed by atoms with E-state index < -0.39 is 0 Å². The van der Waals surface area contributed by atoms with Crippen LogP contribution in [0.1, 0.15) is 27.7 Å². The minimum absolute atomic E-state index is 0.322. The molecule has 0 radical (unpaired) electrons. The fourth-order valence-corrected chi connectivity index (χ4v) is 1.45. The zero-order valence-corrected chi connectivity index (χ0v) is 16.6. The number of hydrogen-bond donors (Lipinski definition) is 0. The van der Waals surface area contributed by atoms with Gasteiger partial charge in [-0.3, -0.25) is 0 Å². The van der Waals surface area contributed by atoms with Crippen molar-refractivity contribution in [3.8, 4) is 0 Å². The average Bonchev–Trinajstić information content (AvgIpc) is 2.49. The van der Waals surface area contributed by atoms with Gasteiger partial charge in [-0.1, -0.05) is 26.5 Å². The number of allylic oxidation sites excluding steroid dienone is 3. The van der Waals surface area contributed by atoms with Crippen molar-refractivity contribution in [1.29, 1.82) is 0 Å². The molecule has 0 atom stereocenters. The van der Waals surface area contributed by atoms with Gasteiger partial charge in [0.05, 0.1) is 12.3 Å². The summed E-state index contributed by atoms with van der Waals surface area (Å²) in [5.41, 5.74) is 0.553. The molecule has 0 N–H and O–H groups in total. The fraction of sp³-hybridized carbons (Fsp3) is 0.667.